The van der Waals surface area contributed by atoms with Gasteiger partial charge in [0, 0.05) is 17.7 Å². The highest BCUT2D eigenvalue weighted by atomic mass is 16.6. The van der Waals surface area contributed by atoms with E-state index in [1.54, 1.807) is 25.3 Å². The van der Waals surface area contributed by atoms with Gasteiger partial charge in [0.1, 0.15) is 5.75 Å². The Morgan fingerprint density at radius 1 is 1.03 bits per heavy atom. The number of ether oxygens (including phenoxy) is 1. The number of methoxy groups -OCH3 is 1. The number of carbonyl (C=O) groups is 1. The van der Waals surface area contributed by atoms with Gasteiger partial charge >= 0.3 is 0 Å². The van der Waals surface area contributed by atoms with Crippen LogP contribution < -0.4 is 10.1 Å². The molecule has 0 aliphatic heterocycles. The molecule has 1 atom stereocenters. The summed E-state index contributed by atoms with van der Waals surface area (Å²) in [6.07, 6.45) is 2.45. The molecule has 0 spiro atoms. The number of nitrogens with zero attached hydrogens (tertiary/aromatic N) is 1. The Labute approximate surface area is 194 Å². The lowest BCUT2D eigenvalue weighted by atomic mass is 9.95. The van der Waals surface area contributed by atoms with E-state index in [9.17, 15) is 14.9 Å². The topological polar surface area (TPSA) is 81.5 Å². The molecule has 3 aromatic rings. The number of nitrogens with one attached hydrogen (secondary N) is 1. The second-order valence-electron chi connectivity index (χ2n) is 8.20. The van der Waals surface area contributed by atoms with Gasteiger partial charge in [-0.3, -0.25) is 14.9 Å². The van der Waals surface area contributed by atoms with Crippen molar-refractivity contribution in [2.75, 3.05) is 7.11 Å². The first-order valence-corrected chi connectivity index (χ1v) is 10.8. The van der Waals surface area contributed by atoms with E-state index in [1.807, 2.05) is 54.6 Å². The summed E-state index contributed by atoms with van der Waals surface area (Å²) in [5.74, 6) is 0.872. The third-order valence-corrected chi connectivity index (χ3v) is 5.25. The van der Waals surface area contributed by atoms with Crippen molar-refractivity contribution in [3.63, 3.8) is 0 Å². The predicted octanol–water partition coefficient (Wildman–Crippen LogP) is 6.05. The van der Waals surface area contributed by atoms with Crippen LogP contribution in [0, 0.1) is 16.0 Å². The largest absolute Gasteiger partial charge is 0.497 e. The van der Waals surface area contributed by atoms with Crippen molar-refractivity contribution in [3.05, 3.63) is 106 Å². The van der Waals surface area contributed by atoms with Crippen molar-refractivity contribution < 1.29 is 14.5 Å². The number of non-ortho nitro benzene ring substituents is 1. The molecule has 1 N–H and O–H groups in total. The van der Waals surface area contributed by atoms with Crippen LogP contribution in [-0.2, 0) is 4.79 Å². The summed E-state index contributed by atoms with van der Waals surface area (Å²) in [7, 11) is 1.62. The average molecular weight is 445 g/mol. The Morgan fingerprint density at radius 3 is 2.33 bits per heavy atom. The average Bonchev–Trinajstić information content (AvgIpc) is 2.82. The van der Waals surface area contributed by atoms with E-state index in [1.165, 1.54) is 12.1 Å². The van der Waals surface area contributed by atoms with Gasteiger partial charge in [-0.05, 0) is 47.2 Å². The normalized spacial score (nSPS) is 12.3. The first-order chi connectivity index (χ1) is 15.9. The lowest BCUT2D eigenvalue weighted by Gasteiger charge is -2.22. The van der Waals surface area contributed by atoms with E-state index in [0.717, 1.165) is 23.3 Å². The van der Waals surface area contributed by atoms with Gasteiger partial charge in [0.15, 0.2) is 0 Å². The minimum Gasteiger partial charge on any atom is -0.497 e. The Bertz CT molecular complexity index is 1120. The molecule has 33 heavy (non-hydrogen) atoms. The SMILES string of the molecule is COc1ccc([C@@H](CC(C)C)NC(=O)/C(=C/c2cccc([N+](=O)[O-])c2)c2ccccc2)cc1. The van der Waals surface area contributed by atoms with Crippen LogP contribution in [0.25, 0.3) is 11.6 Å². The van der Waals surface area contributed by atoms with Gasteiger partial charge in [-0.2, -0.15) is 0 Å². The number of amides is 1. The van der Waals surface area contributed by atoms with Crippen LogP contribution in [0.3, 0.4) is 0 Å². The van der Waals surface area contributed by atoms with E-state index >= 15 is 0 Å². The Balaban J connectivity index is 1.97. The fourth-order valence-electron chi connectivity index (χ4n) is 3.61. The molecule has 6 heteroatoms. The zero-order valence-electron chi connectivity index (χ0n) is 19.0. The zero-order valence-corrected chi connectivity index (χ0v) is 19.0. The lowest BCUT2D eigenvalue weighted by Crippen LogP contribution is -2.30. The molecule has 0 unspecified atom stereocenters. The van der Waals surface area contributed by atoms with Crippen molar-refractivity contribution >= 4 is 23.2 Å². The standard InChI is InChI=1S/C27H28N2O4/c1-19(2)16-26(22-12-14-24(33-3)15-13-22)28-27(30)25(21-9-5-4-6-10-21)18-20-8-7-11-23(17-20)29(31)32/h4-15,17-19,26H,16H2,1-3H3,(H,28,30)/b25-18+/t26-/m1/s1. The van der Waals surface area contributed by atoms with Crippen molar-refractivity contribution in [2.24, 2.45) is 5.92 Å². The van der Waals surface area contributed by atoms with Gasteiger partial charge in [0.05, 0.1) is 18.1 Å². The number of nitro groups is 1. The molecule has 0 aliphatic rings. The van der Waals surface area contributed by atoms with Crippen LogP contribution in [0.15, 0.2) is 78.9 Å². The molecule has 0 fully saturated rings. The second kappa shape index (κ2) is 11.1. The van der Waals surface area contributed by atoms with Crippen LogP contribution >= 0.6 is 0 Å². The van der Waals surface area contributed by atoms with E-state index in [0.29, 0.717) is 17.1 Å². The lowest BCUT2D eigenvalue weighted by molar-refractivity contribution is -0.384. The summed E-state index contributed by atoms with van der Waals surface area (Å²) in [5.41, 5.74) is 2.73. The van der Waals surface area contributed by atoms with E-state index in [-0.39, 0.29) is 17.6 Å². The van der Waals surface area contributed by atoms with Gasteiger partial charge < -0.3 is 10.1 Å². The van der Waals surface area contributed by atoms with Crippen LogP contribution in [-0.4, -0.2) is 17.9 Å². The molecule has 0 saturated carbocycles. The Morgan fingerprint density at radius 2 is 1.73 bits per heavy atom. The molecule has 0 radical (unpaired) electrons. The number of hydrogen-bond acceptors (Lipinski definition) is 4. The molecule has 0 bridgehead atoms. The fraction of sp³-hybridized carbons (Fsp3) is 0.222. The molecule has 6 nitrogen and oxygen atoms in total. The van der Waals surface area contributed by atoms with E-state index < -0.39 is 4.92 Å². The smallest absolute Gasteiger partial charge is 0.270 e. The predicted molar refractivity (Wildman–Crippen MR) is 131 cm³/mol. The summed E-state index contributed by atoms with van der Waals surface area (Å²) < 4.78 is 5.26. The van der Waals surface area contributed by atoms with Gasteiger partial charge in [-0.25, -0.2) is 0 Å². The molecule has 0 saturated heterocycles. The van der Waals surface area contributed by atoms with Crippen molar-refractivity contribution in [1.29, 1.82) is 0 Å². The molecule has 1 amide bonds. The number of nitro benzene ring substituents is 1. The molecule has 0 aromatic heterocycles. The number of carbonyl (C=O) groups excluding carboxylic acids is 1. The minimum absolute atomic E-state index is 0.0208. The molecule has 3 rings (SSSR count). The maximum Gasteiger partial charge on any atom is 0.270 e. The fourth-order valence-corrected chi connectivity index (χ4v) is 3.61. The number of rotatable bonds is 9. The van der Waals surface area contributed by atoms with Gasteiger partial charge in [-0.15, -0.1) is 0 Å². The van der Waals surface area contributed by atoms with Crippen LogP contribution in [0.4, 0.5) is 5.69 Å². The maximum absolute atomic E-state index is 13.5. The summed E-state index contributed by atoms with van der Waals surface area (Å²) >= 11 is 0. The van der Waals surface area contributed by atoms with Crippen LogP contribution in [0.5, 0.6) is 5.75 Å². The highest BCUT2D eigenvalue weighted by Crippen LogP contribution is 2.26. The van der Waals surface area contributed by atoms with Gasteiger partial charge in [0.25, 0.3) is 11.6 Å². The number of benzene rings is 3. The molecule has 3 aromatic carbocycles. The Hall–Kier alpha value is -3.93. The monoisotopic (exact) mass is 444 g/mol. The summed E-state index contributed by atoms with van der Waals surface area (Å²) in [4.78, 5) is 24.3. The number of hydrogen-bond donors (Lipinski definition) is 1. The second-order valence-corrected chi connectivity index (χ2v) is 8.20. The summed E-state index contributed by atoms with van der Waals surface area (Å²) in [6.45, 7) is 4.22. The molecule has 0 heterocycles. The summed E-state index contributed by atoms with van der Waals surface area (Å²) in [5, 5.41) is 14.4. The Kier molecular flexibility index (Phi) is 7.97. The van der Waals surface area contributed by atoms with Gasteiger partial charge in [-0.1, -0.05) is 68.4 Å². The zero-order chi connectivity index (χ0) is 23.8. The highest BCUT2D eigenvalue weighted by molar-refractivity contribution is 6.24. The van der Waals surface area contributed by atoms with Crippen molar-refractivity contribution in [1.82, 2.24) is 5.32 Å². The van der Waals surface area contributed by atoms with Crippen molar-refractivity contribution in [2.45, 2.75) is 26.3 Å². The molecular weight excluding hydrogens is 416 g/mol. The highest BCUT2D eigenvalue weighted by Gasteiger charge is 2.20. The van der Waals surface area contributed by atoms with E-state index in [2.05, 4.69) is 19.2 Å². The third-order valence-electron chi connectivity index (χ3n) is 5.25. The molecular formula is C27H28N2O4. The quantitative estimate of drug-likeness (QED) is 0.189. The van der Waals surface area contributed by atoms with Crippen molar-refractivity contribution in [3.8, 4) is 5.75 Å². The molecule has 170 valence electrons. The summed E-state index contributed by atoms with van der Waals surface area (Å²) in [6, 6.07) is 23.1. The molecule has 0 aliphatic carbocycles. The first kappa shape index (κ1) is 23.7. The third kappa shape index (κ3) is 6.53. The van der Waals surface area contributed by atoms with Crippen LogP contribution in [0.2, 0.25) is 0 Å². The van der Waals surface area contributed by atoms with Gasteiger partial charge in [0.2, 0.25) is 0 Å². The first-order valence-electron chi connectivity index (χ1n) is 10.8. The van der Waals surface area contributed by atoms with E-state index in [4.69, 9.17) is 4.74 Å². The minimum atomic E-state index is -0.443. The maximum atomic E-state index is 13.5. The van der Waals surface area contributed by atoms with Crippen LogP contribution in [0.1, 0.15) is 43.0 Å².